The van der Waals surface area contributed by atoms with Crippen LogP contribution in [-0.4, -0.2) is 32.8 Å². The van der Waals surface area contributed by atoms with Crippen LogP contribution in [-0.2, 0) is 26.7 Å². The van der Waals surface area contributed by atoms with Crippen molar-refractivity contribution in [3.05, 3.63) is 11.8 Å². The number of aromatic nitrogens is 1. The Morgan fingerprint density at radius 3 is 2.74 bits per heavy atom. The predicted molar refractivity (Wildman–Crippen MR) is 69.9 cm³/mol. The molecular weight excluding hydrogens is 248 g/mol. The molecule has 6 nitrogen and oxygen atoms in total. The average Bonchev–Trinajstić information content (AvgIpc) is 2.65. The molecule has 0 aliphatic carbocycles. The fourth-order valence-electron chi connectivity index (χ4n) is 1.84. The van der Waals surface area contributed by atoms with Crippen molar-refractivity contribution >= 4 is 11.8 Å². The minimum atomic E-state index is -0.220. The monoisotopic (exact) mass is 271 g/mol. The van der Waals surface area contributed by atoms with Crippen molar-refractivity contribution in [1.82, 2.24) is 0 Å². The van der Waals surface area contributed by atoms with E-state index in [-0.39, 0.29) is 11.3 Å². The number of ether oxygens (including phenoxy) is 2. The lowest BCUT2D eigenvalue weighted by Crippen LogP contribution is -2.40. The Labute approximate surface area is 113 Å². The molecule has 19 heavy (non-hydrogen) atoms. The highest BCUT2D eigenvalue weighted by atomic mass is 16.5. The van der Waals surface area contributed by atoms with Gasteiger partial charge in [-0.15, -0.1) is 0 Å². The number of nitrogens with one attached hydrogen (secondary N) is 1. The number of hydrogen-bond acceptors (Lipinski definition) is 4. The highest BCUT2D eigenvalue weighted by Gasteiger charge is 2.33. The van der Waals surface area contributed by atoms with Gasteiger partial charge in [-0.3, -0.25) is 10.1 Å². The van der Waals surface area contributed by atoms with Gasteiger partial charge in [-0.2, -0.15) is 0 Å². The van der Waals surface area contributed by atoms with E-state index in [1.54, 1.807) is 18.9 Å². The van der Waals surface area contributed by atoms with Gasteiger partial charge in [-0.25, -0.2) is 4.52 Å². The van der Waals surface area contributed by atoms with E-state index in [0.717, 1.165) is 5.69 Å². The maximum absolute atomic E-state index is 11.0. The second-order valence-corrected chi connectivity index (χ2v) is 5.09. The van der Waals surface area contributed by atoms with Crippen LogP contribution in [0.2, 0.25) is 0 Å². The van der Waals surface area contributed by atoms with Crippen LogP contribution in [0.1, 0.15) is 26.5 Å². The number of carbonyl (C=O) groups excluding carboxylic acids is 1. The van der Waals surface area contributed by atoms with E-state index in [9.17, 15) is 4.79 Å². The maximum atomic E-state index is 11.0. The molecule has 0 fully saturated rings. The summed E-state index contributed by atoms with van der Waals surface area (Å²) in [6, 6.07) is 1.82. The van der Waals surface area contributed by atoms with Crippen molar-refractivity contribution in [1.29, 1.82) is 0 Å². The van der Waals surface area contributed by atoms with Crippen LogP contribution in [0.15, 0.2) is 10.6 Å². The Morgan fingerprint density at radius 2 is 2.16 bits per heavy atom. The van der Waals surface area contributed by atoms with E-state index in [1.165, 1.54) is 6.92 Å². The van der Waals surface area contributed by atoms with Crippen LogP contribution in [0.4, 0.5) is 5.88 Å². The highest BCUT2D eigenvalue weighted by molar-refractivity contribution is 5.87. The summed E-state index contributed by atoms with van der Waals surface area (Å²) in [4.78, 5) is 11.0. The summed E-state index contributed by atoms with van der Waals surface area (Å²) in [6.07, 6.45) is 0. The summed E-state index contributed by atoms with van der Waals surface area (Å²) in [7, 11) is 3.45. The van der Waals surface area contributed by atoms with Gasteiger partial charge in [0.05, 0.1) is 31.3 Å². The molecule has 0 spiro atoms. The first-order valence-electron chi connectivity index (χ1n) is 6.22. The molecule has 0 unspecified atom stereocenters. The number of anilines is 1. The molecule has 0 saturated carbocycles. The van der Waals surface area contributed by atoms with E-state index >= 15 is 0 Å². The number of amides is 1. The van der Waals surface area contributed by atoms with Crippen LogP contribution in [0.5, 0.6) is 0 Å². The molecule has 0 aliphatic rings. The predicted octanol–water partition coefficient (Wildman–Crippen LogP) is 1.00. The zero-order chi connectivity index (χ0) is 14.5. The van der Waals surface area contributed by atoms with Crippen molar-refractivity contribution < 1.29 is 23.5 Å². The van der Waals surface area contributed by atoms with Crippen molar-refractivity contribution in [3.8, 4) is 0 Å². The normalized spacial score (nSPS) is 11.6. The van der Waals surface area contributed by atoms with Crippen molar-refractivity contribution in [3.63, 3.8) is 0 Å². The number of carbonyl (C=O) groups is 1. The van der Waals surface area contributed by atoms with E-state index < -0.39 is 0 Å². The lowest BCUT2D eigenvalue weighted by Gasteiger charge is -2.18. The summed E-state index contributed by atoms with van der Waals surface area (Å²) in [6.45, 7) is 7.24. The third-order valence-corrected chi connectivity index (χ3v) is 2.73. The minimum absolute atomic E-state index is 0.157. The standard InChI is InChI=1S/C13H22N2O4/c1-10(16)14-12-8-11(15(4)19-12)13(2,3)9-18-7-6-17-5/h8H,6-7,9H2,1-5H3/p+1. The van der Waals surface area contributed by atoms with Crippen LogP contribution >= 0.6 is 0 Å². The SMILES string of the molecule is COCCOCC(C)(C)c1cc(NC(C)=O)o[n+]1C. The molecule has 1 amide bonds. The zero-order valence-electron chi connectivity index (χ0n) is 12.3. The molecule has 0 radical (unpaired) electrons. The van der Waals surface area contributed by atoms with E-state index in [4.69, 9.17) is 14.0 Å². The molecule has 0 saturated heterocycles. The first kappa shape index (κ1) is 15.7. The molecule has 0 bridgehead atoms. The van der Waals surface area contributed by atoms with Crippen LogP contribution < -0.4 is 10.1 Å². The summed E-state index contributed by atoms with van der Waals surface area (Å²) in [5.74, 6) is 0.282. The lowest BCUT2D eigenvalue weighted by molar-refractivity contribution is -0.850. The first-order chi connectivity index (χ1) is 8.86. The number of nitrogens with zero attached hydrogens (tertiary/aromatic N) is 1. The van der Waals surface area contributed by atoms with Gasteiger partial charge in [0.2, 0.25) is 11.6 Å². The summed E-state index contributed by atoms with van der Waals surface area (Å²) in [5, 5.41) is 2.63. The van der Waals surface area contributed by atoms with Crippen molar-refractivity contribution in [2.24, 2.45) is 7.05 Å². The van der Waals surface area contributed by atoms with E-state index in [2.05, 4.69) is 19.2 Å². The molecule has 1 aromatic rings. The number of methoxy groups -OCH3 is 1. The summed E-state index contributed by atoms with van der Waals surface area (Å²) in [5.41, 5.74) is 0.733. The quantitative estimate of drug-likeness (QED) is 0.593. The largest absolute Gasteiger partial charge is 0.382 e. The number of rotatable bonds is 7. The van der Waals surface area contributed by atoms with Crippen molar-refractivity contribution in [2.75, 3.05) is 32.2 Å². The third kappa shape index (κ3) is 4.65. The fraction of sp³-hybridized carbons (Fsp3) is 0.692. The molecule has 1 rings (SSSR count). The van der Waals surface area contributed by atoms with E-state index in [0.29, 0.717) is 25.7 Å². The molecule has 1 N–H and O–H groups in total. The van der Waals surface area contributed by atoms with Gasteiger partial charge in [0, 0.05) is 14.0 Å². The maximum Gasteiger partial charge on any atom is 0.282 e. The Morgan fingerprint density at radius 1 is 1.47 bits per heavy atom. The molecule has 108 valence electrons. The van der Waals surface area contributed by atoms with Gasteiger partial charge in [0.15, 0.2) is 7.05 Å². The zero-order valence-corrected chi connectivity index (χ0v) is 12.3. The van der Waals surface area contributed by atoms with E-state index in [1.807, 2.05) is 6.07 Å². The van der Waals surface area contributed by atoms with Gasteiger partial charge in [0.25, 0.3) is 5.88 Å². The average molecular weight is 271 g/mol. The van der Waals surface area contributed by atoms with Gasteiger partial charge in [0.1, 0.15) is 0 Å². The van der Waals surface area contributed by atoms with Gasteiger partial charge >= 0.3 is 0 Å². The van der Waals surface area contributed by atoms with Crippen molar-refractivity contribution in [2.45, 2.75) is 26.2 Å². The lowest BCUT2D eigenvalue weighted by atomic mass is 9.90. The first-order valence-corrected chi connectivity index (χ1v) is 6.22. The van der Waals surface area contributed by atoms with Crippen LogP contribution in [0.25, 0.3) is 0 Å². The summed E-state index contributed by atoms with van der Waals surface area (Å²) < 4.78 is 17.6. The minimum Gasteiger partial charge on any atom is -0.382 e. The topological polar surface area (TPSA) is 64.6 Å². The molecule has 0 aromatic carbocycles. The number of aryl methyl sites for hydroxylation is 1. The highest BCUT2D eigenvalue weighted by Crippen LogP contribution is 2.23. The molecular formula is C13H23N2O4+. The van der Waals surface area contributed by atoms with Crippen LogP contribution in [0, 0.1) is 0 Å². The molecule has 6 heteroatoms. The van der Waals surface area contributed by atoms with Crippen LogP contribution in [0.3, 0.4) is 0 Å². The Hall–Kier alpha value is -1.40. The molecule has 1 aromatic heterocycles. The Balaban J connectivity index is 2.71. The molecule has 0 atom stereocenters. The summed E-state index contributed by atoms with van der Waals surface area (Å²) >= 11 is 0. The third-order valence-electron chi connectivity index (χ3n) is 2.73. The van der Waals surface area contributed by atoms with Gasteiger partial charge in [-0.1, -0.05) is 0 Å². The Bertz CT molecular complexity index is 426. The molecule has 1 heterocycles. The van der Waals surface area contributed by atoms with Gasteiger partial charge in [-0.05, 0) is 18.6 Å². The molecule has 0 aliphatic heterocycles. The Kier molecular flexibility index (Phi) is 5.50. The second kappa shape index (κ2) is 6.68. The fourth-order valence-corrected chi connectivity index (χ4v) is 1.84. The smallest absolute Gasteiger partial charge is 0.282 e. The second-order valence-electron chi connectivity index (χ2n) is 5.09. The number of hydrogen-bond donors (Lipinski definition) is 1. The van der Waals surface area contributed by atoms with Gasteiger partial charge < -0.3 is 9.47 Å².